The highest BCUT2D eigenvalue weighted by molar-refractivity contribution is 7.16. The highest BCUT2D eigenvalue weighted by atomic mass is 35.5. The summed E-state index contributed by atoms with van der Waals surface area (Å²) >= 11 is 13.8. The zero-order chi connectivity index (χ0) is 19.0. The SMILES string of the molecule is C#CCn1c(=NC(=O)c2ccc3c(c2)CCCC3)sc2cc(Cl)cc(Cl)c21. The van der Waals surface area contributed by atoms with E-state index in [1.165, 1.54) is 35.3 Å². The zero-order valence-corrected chi connectivity index (χ0v) is 16.8. The van der Waals surface area contributed by atoms with Crippen LogP contribution >= 0.6 is 34.5 Å². The molecule has 3 nitrogen and oxygen atoms in total. The Balaban J connectivity index is 1.82. The molecule has 0 atom stereocenters. The first-order valence-corrected chi connectivity index (χ1v) is 10.3. The van der Waals surface area contributed by atoms with Crippen molar-refractivity contribution in [3.05, 3.63) is 61.9 Å². The van der Waals surface area contributed by atoms with Crippen LogP contribution in [0.25, 0.3) is 10.2 Å². The molecular formula is C21H16Cl2N2OS. The largest absolute Gasteiger partial charge is 0.303 e. The van der Waals surface area contributed by atoms with Gasteiger partial charge in [-0.3, -0.25) is 4.79 Å². The van der Waals surface area contributed by atoms with E-state index in [0.717, 1.165) is 23.1 Å². The number of benzene rings is 2. The minimum Gasteiger partial charge on any atom is -0.303 e. The normalized spacial score (nSPS) is 14.2. The molecule has 1 amide bonds. The van der Waals surface area contributed by atoms with Gasteiger partial charge in [0, 0.05) is 10.6 Å². The number of aryl methyl sites for hydroxylation is 2. The fourth-order valence-electron chi connectivity index (χ4n) is 3.47. The van der Waals surface area contributed by atoms with Gasteiger partial charge in [0.15, 0.2) is 4.80 Å². The van der Waals surface area contributed by atoms with Crippen molar-refractivity contribution in [2.75, 3.05) is 0 Å². The number of aromatic nitrogens is 1. The second-order valence-corrected chi connectivity index (χ2v) is 8.37. The molecule has 136 valence electrons. The van der Waals surface area contributed by atoms with Crippen LogP contribution < -0.4 is 4.80 Å². The summed E-state index contributed by atoms with van der Waals surface area (Å²) in [5, 5.41) is 1.03. The van der Waals surface area contributed by atoms with E-state index in [1.54, 1.807) is 10.6 Å². The van der Waals surface area contributed by atoms with E-state index < -0.39 is 0 Å². The molecule has 0 saturated heterocycles. The summed E-state index contributed by atoms with van der Waals surface area (Å²) in [4.78, 5) is 17.7. The van der Waals surface area contributed by atoms with Gasteiger partial charge in [0.05, 0.1) is 21.8 Å². The monoisotopic (exact) mass is 414 g/mol. The van der Waals surface area contributed by atoms with Crippen LogP contribution in [0.5, 0.6) is 0 Å². The van der Waals surface area contributed by atoms with Gasteiger partial charge in [-0.15, -0.1) is 6.42 Å². The molecule has 0 fully saturated rings. The number of carbonyl (C=O) groups excluding carboxylic acids is 1. The maximum absolute atomic E-state index is 12.8. The molecule has 0 bridgehead atoms. The zero-order valence-electron chi connectivity index (χ0n) is 14.5. The summed E-state index contributed by atoms with van der Waals surface area (Å²) in [7, 11) is 0. The van der Waals surface area contributed by atoms with Crippen LogP contribution in [0.15, 0.2) is 35.3 Å². The number of rotatable bonds is 2. The van der Waals surface area contributed by atoms with E-state index in [9.17, 15) is 4.79 Å². The molecule has 1 heterocycles. The van der Waals surface area contributed by atoms with E-state index in [0.29, 0.717) is 20.4 Å². The summed E-state index contributed by atoms with van der Waals surface area (Å²) in [5.41, 5.74) is 3.94. The van der Waals surface area contributed by atoms with E-state index in [-0.39, 0.29) is 12.5 Å². The number of nitrogens with zero attached hydrogens (tertiary/aromatic N) is 2. The molecule has 0 radical (unpaired) electrons. The summed E-state index contributed by atoms with van der Waals surface area (Å²) in [6.45, 7) is 0.275. The van der Waals surface area contributed by atoms with E-state index in [1.807, 2.05) is 24.3 Å². The van der Waals surface area contributed by atoms with Gasteiger partial charge in [-0.05, 0) is 61.1 Å². The highest BCUT2D eigenvalue weighted by Gasteiger charge is 2.15. The van der Waals surface area contributed by atoms with Crippen molar-refractivity contribution < 1.29 is 4.79 Å². The highest BCUT2D eigenvalue weighted by Crippen LogP contribution is 2.29. The molecule has 0 saturated carbocycles. The standard InChI is InChI=1S/C21H16Cl2N2OS/c1-2-9-25-19-17(23)11-16(22)12-18(19)27-21(25)24-20(26)15-8-7-13-5-3-4-6-14(13)10-15/h1,7-8,10-12H,3-6,9H2. The Kier molecular flexibility index (Phi) is 5.10. The third kappa shape index (κ3) is 3.55. The molecule has 1 aromatic heterocycles. The van der Waals surface area contributed by atoms with Gasteiger partial charge in [-0.25, -0.2) is 0 Å². The average molecular weight is 415 g/mol. The van der Waals surface area contributed by atoms with Gasteiger partial charge in [-0.2, -0.15) is 4.99 Å². The minimum absolute atomic E-state index is 0.275. The minimum atomic E-state index is -0.275. The predicted molar refractivity (Wildman–Crippen MR) is 112 cm³/mol. The maximum Gasteiger partial charge on any atom is 0.279 e. The lowest BCUT2D eigenvalue weighted by Crippen LogP contribution is -2.17. The van der Waals surface area contributed by atoms with Gasteiger partial charge < -0.3 is 4.57 Å². The fraction of sp³-hybridized carbons (Fsp3) is 0.238. The first kappa shape index (κ1) is 18.3. The van der Waals surface area contributed by atoms with E-state index >= 15 is 0 Å². The Hall–Kier alpha value is -2.06. The van der Waals surface area contributed by atoms with Crippen LogP contribution in [0.2, 0.25) is 10.0 Å². The summed E-state index contributed by atoms with van der Waals surface area (Å²) < 4.78 is 2.63. The lowest BCUT2D eigenvalue weighted by Gasteiger charge is -2.15. The Morgan fingerprint density at radius 2 is 1.96 bits per heavy atom. The summed E-state index contributed by atoms with van der Waals surface area (Å²) in [6.07, 6.45) is 9.99. The number of terminal acetylenes is 1. The van der Waals surface area contributed by atoms with Crippen LogP contribution in [0, 0.1) is 12.3 Å². The smallest absolute Gasteiger partial charge is 0.279 e. The lowest BCUT2D eigenvalue weighted by atomic mass is 9.90. The number of thiazole rings is 1. The molecule has 0 unspecified atom stereocenters. The second kappa shape index (κ2) is 7.52. The first-order chi connectivity index (χ1) is 13.1. The molecular weight excluding hydrogens is 399 g/mol. The van der Waals surface area contributed by atoms with Gasteiger partial charge >= 0.3 is 0 Å². The molecule has 1 aliphatic carbocycles. The molecule has 0 N–H and O–H groups in total. The van der Waals surface area contributed by atoms with Crippen LogP contribution in [-0.4, -0.2) is 10.5 Å². The van der Waals surface area contributed by atoms with Crippen molar-refractivity contribution in [1.82, 2.24) is 4.57 Å². The van der Waals surface area contributed by atoms with Crippen molar-refractivity contribution in [1.29, 1.82) is 0 Å². The molecule has 6 heteroatoms. The average Bonchev–Trinajstić information content (AvgIpc) is 2.98. The number of halogens is 2. The fourth-order valence-corrected chi connectivity index (χ4v) is 5.28. The quantitative estimate of drug-likeness (QED) is 0.526. The van der Waals surface area contributed by atoms with Crippen LogP contribution in [0.3, 0.4) is 0 Å². The van der Waals surface area contributed by atoms with Crippen LogP contribution in [0.4, 0.5) is 0 Å². The van der Waals surface area contributed by atoms with Crippen LogP contribution in [-0.2, 0) is 19.4 Å². The van der Waals surface area contributed by atoms with Gasteiger partial charge in [-0.1, -0.05) is 46.5 Å². The predicted octanol–water partition coefficient (Wildman–Crippen LogP) is 5.26. The lowest BCUT2D eigenvalue weighted by molar-refractivity contribution is 0.0998. The summed E-state index contributed by atoms with van der Waals surface area (Å²) in [6, 6.07) is 9.36. The Bertz CT molecular complexity index is 1170. The number of hydrogen-bond acceptors (Lipinski definition) is 2. The topological polar surface area (TPSA) is 34.4 Å². The maximum atomic E-state index is 12.8. The molecule has 0 aliphatic heterocycles. The van der Waals surface area contributed by atoms with Gasteiger partial charge in [0.2, 0.25) is 0 Å². The van der Waals surface area contributed by atoms with Gasteiger partial charge in [0.1, 0.15) is 0 Å². The van der Waals surface area contributed by atoms with Crippen LogP contribution in [0.1, 0.15) is 34.3 Å². The molecule has 2 aromatic carbocycles. The number of fused-ring (bicyclic) bond motifs is 2. The first-order valence-electron chi connectivity index (χ1n) is 8.69. The Morgan fingerprint density at radius 3 is 2.74 bits per heavy atom. The number of carbonyl (C=O) groups is 1. The summed E-state index contributed by atoms with van der Waals surface area (Å²) in [5.74, 6) is 2.33. The molecule has 4 rings (SSSR count). The Morgan fingerprint density at radius 1 is 1.19 bits per heavy atom. The van der Waals surface area contributed by atoms with E-state index in [4.69, 9.17) is 29.6 Å². The Labute approximate surface area is 171 Å². The van der Waals surface area contributed by atoms with Crippen molar-refractivity contribution in [2.45, 2.75) is 32.2 Å². The second-order valence-electron chi connectivity index (χ2n) is 6.52. The van der Waals surface area contributed by atoms with Crippen molar-refractivity contribution in [3.63, 3.8) is 0 Å². The third-order valence-electron chi connectivity index (χ3n) is 4.74. The molecule has 0 spiro atoms. The third-order valence-corrected chi connectivity index (χ3v) is 6.27. The van der Waals surface area contributed by atoms with Gasteiger partial charge in [0.25, 0.3) is 5.91 Å². The number of hydrogen-bond donors (Lipinski definition) is 0. The molecule has 1 aliphatic rings. The number of amides is 1. The molecule has 3 aromatic rings. The molecule has 27 heavy (non-hydrogen) atoms. The van der Waals surface area contributed by atoms with E-state index in [2.05, 4.69) is 10.9 Å². The van der Waals surface area contributed by atoms with Crippen molar-refractivity contribution in [3.8, 4) is 12.3 Å². The van der Waals surface area contributed by atoms with Crippen molar-refractivity contribution >= 4 is 50.7 Å². The van der Waals surface area contributed by atoms with Crippen molar-refractivity contribution in [2.24, 2.45) is 4.99 Å².